The number of fused-ring (bicyclic) bond motifs is 2. The molecule has 1 aliphatic rings. The van der Waals surface area contributed by atoms with Gasteiger partial charge in [-0.15, -0.1) is 0 Å². The third-order valence-corrected chi connectivity index (χ3v) is 7.28. The number of benzene rings is 2. The number of aryl methyl sites for hydroxylation is 1. The number of aromatic nitrogens is 3. The number of Topliss-reactive ketones (excluding diaryl/α,β-unsaturated/α-hetero) is 1. The molecular formula is C27H24N4O3S. The Balaban J connectivity index is 1.53. The van der Waals surface area contributed by atoms with Crippen LogP contribution >= 0.6 is 11.8 Å². The average Bonchev–Trinajstić information content (AvgIpc) is 3.28. The molecule has 2 aromatic carbocycles. The molecule has 0 bridgehead atoms. The lowest BCUT2D eigenvalue weighted by molar-refractivity contribution is -0.116. The van der Waals surface area contributed by atoms with Crippen molar-refractivity contribution < 1.29 is 9.59 Å². The molecule has 0 N–H and O–H groups in total. The summed E-state index contributed by atoms with van der Waals surface area (Å²) >= 11 is 1.24. The van der Waals surface area contributed by atoms with Crippen LogP contribution in [0.25, 0.3) is 16.7 Å². The molecule has 1 atom stereocenters. The van der Waals surface area contributed by atoms with E-state index in [1.54, 1.807) is 42.3 Å². The number of hydrogen-bond donors (Lipinski definition) is 0. The minimum absolute atomic E-state index is 0.00286. The lowest BCUT2D eigenvalue weighted by Crippen LogP contribution is -2.25. The molecule has 5 rings (SSSR count). The number of rotatable bonds is 5. The summed E-state index contributed by atoms with van der Waals surface area (Å²) in [7, 11) is 0. The molecular weight excluding hydrogens is 460 g/mol. The number of nitrogens with zero attached hydrogens (tertiary/aromatic N) is 4. The van der Waals surface area contributed by atoms with Crippen LogP contribution < -0.4 is 10.5 Å². The molecule has 35 heavy (non-hydrogen) atoms. The van der Waals surface area contributed by atoms with Crippen LogP contribution in [0, 0.1) is 6.92 Å². The summed E-state index contributed by atoms with van der Waals surface area (Å²) in [5.41, 5.74) is 3.63. The van der Waals surface area contributed by atoms with Crippen molar-refractivity contribution in [1.82, 2.24) is 14.5 Å². The molecule has 8 heteroatoms. The van der Waals surface area contributed by atoms with E-state index in [0.717, 1.165) is 23.2 Å². The standard InChI is InChI=1S/C27H24N4O3S/c1-16-7-6-13-28-25(16)31-26(34)21-8-4-5-9-22(21)29-27(31)35-17(2)24(33)20-10-11-23-19(15-20)12-14-30(23)18(3)32/h4-11,13,15,17H,12,14H2,1-3H3. The summed E-state index contributed by atoms with van der Waals surface area (Å²) in [6.45, 7) is 5.89. The van der Waals surface area contributed by atoms with Crippen LogP contribution in [0.4, 0.5) is 5.69 Å². The number of ketones is 1. The second kappa shape index (κ2) is 9.11. The van der Waals surface area contributed by atoms with E-state index in [-0.39, 0.29) is 17.2 Å². The summed E-state index contributed by atoms with van der Waals surface area (Å²) < 4.78 is 1.50. The molecule has 0 fully saturated rings. The highest BCUT2D eigenvalue weighted by Gasteiger charge is 2.26. The second-order valence-corrected chi connectivity index (χ2v) is 9.89. The van der Waals surface area contributed by atoms with E-state index in [9.17, 15) is 14.4 Å². The topological polar surface area (TPSA) is 85.2 Å². The maximum atomic E-state index is 13.5. The van der Waals surface area contributed by atoms with E-state index in [1.165, 1.54) is 16.3 Å². The van der Waals surface area contributed by atoms with Gasteiger partial charge < -0.3 is 4.90 Å². The van der Waals surface area contributed by atoms with E-state index in [1.807, 2.05) is 44.2 Å². The Morgan fingerprint density at radius 2 is 1.89 bits per heavy atom. The summed E-state index contributed by atoms with van der Waals surface area (Å²) in [6, 6.07) is 16.4. The molecule has 0 spiro atoms. The number of pyridine rings is 1. The van der Waals surface area contributed by atoms with Crippen molar-refractivity contribution in [3.8, 4) is 5.82 Å². The van der Waals surface area contributed by atoms with Gasteiger partial charge in [0.05, 0.1) is 16.2 Å². The average molecular weight is 485 g/mol. The van der Waals surface area contributed by atoms with Crippen molar-refractivity contribution in [1.29, 1.82) is 0 Å². The number of para-hydroxylation sites is 1. The van der Waals surface area contributed by atoms with E-state index >= 15 is 0 Å². The molecule has 0 saturated heterocycles. The van der Waals surface area contributed by atoms with Crippen LogP contribution in [-0.4, -0.2) is 38.0 Å². The Bertz CT molecular complexity index is 1550. The minimum atomic E-state index is -0.498. The lowest BCUT2D eigenvalue weighted by Gasteiger charge is -2.17. The predicted octanol–water partition coefficient (Wildman–Crippen LogP) is 4.36. The largest absolute Gasteiger partial charge is 0.312 e. The van der Waals surface area contributed by atoms with Crippen LogP contribution in [0.2, 0.25) is 0 Å². The zero-order valence-corrected chi connectivity index (χ0v) is 20.5. The third-order valence-electron chi connectivity index (χ3n) is 6.23. The number of thioether (sulfide) groups is 1. The van der Waals surface area contributed by atoms with Crippen LogP contribution in [-0.2, 0) is 11.2 Å². The van der Waals surface area contributed by atoms with Gasteiger partial charge in [0.1, 0.15) is 5.82 Å². The number of carbonyl (C=O) groups excluding carboxylic acids is 2. The summed E-state index contributed by atoms with van der Waals surface area (Å²) in [5, 5.41) is 0.413. The van der Waals surface area contributed by atoms with Gasteiger partial charge in [0.15, 0.2) is 10.9 Å². The minimum Gasteiger partial charge on any atom is -0.312 e. The predicted molar refractivity (Wildman–Crippen MR) is 138 cm³/mol. The third kappa shape index (κ3) is 4.14. The number of amides is 1. The van der Waals surface area contributed by atoms with Gasteiger partial charge in [-0.1, -0.05) is 30.0 Å². The van der Waals surface area contributed by atoms with Gasteiger partial charge in [0, 0.05) is 30.9 Å². The molecule has 2 aromatic heterocycles. The Morgan fingerprint density at radius 1 is 1.09 bits per heavy atom. The molecule has 7 nitrogen and oxygen atoms in total. The smallest absolute Gasteiger partial charge is 0.267 e. The van der Waals surface area contributed by atoms with Crippen LogP contribution in [0.5, 0.6) is 0 Å². The van der Waals surface area contributed by atoms with Crippen LogP contribution in [0.15, 0.2) is 70.7 Å². The Labute approximate surface area is 206 Å². The monoisotopic (exact) mass is 484 g/mol. The number of hydrogen-bond acceptors (Lipinski definition) is 6. The molecule has 1 aliphatic heterocycles. The Morgan fingerprint density at radius 3 is 2.66 bits per heavy atom. The molecule has 3 heterocycles. The summed E-state index contributed by atoms with van der Waals surface area (Å²) in [4.78, 5) is 49.7. The Hall–Kier alpha value is -3.78. The van der Waals surface area contributed by atoms with Crippen molar-refractivity contribution in [2.45, 2.75) is 37.6 Å². The molecule has 0 radical (unpaired) electrons. The van der Waals surface area contributed by atoms with Crippen molar-refractivity contribution in [2.75, 3.05) is 11.4 Å². The zero-order valence-electron chi connectivity index (χ0n) is 19.7. The van der Waals surface area contributed by atoms with Crippen molar-refractivity contribution in [3.05, 3.63) is 87.8 Å². The molecule has 4 aromatic rings. The lowest BCUT2D eigenvalue weighted by atomic mass is 10.0. The first-order valence-electron chi connectivity index (χ1n) is 11.4. The van der Waals surface area contributed by atoms with Gasteiger partial charge in [-0.05, 0) is 67.8 Å². The number of carbonyl (C=O) groups is 2. The van der Waals surface area contributed by atoms with E-state index in [2.05, 4.69) is 4.98 Å². The number of anilines is 1. The molecule has 0 saturated carbocycles. The fraction of sp³-hybridized carbons (Fsp3) is 0.222. The molecule has 176 valence electrons. The fourth-order valence-corrected chi connectivity index (χ4v) is 5.40. The SMILES string of the molecule is CC(=O)N1CCc2cc(C(=O)C(C)Sc3nc4ccccc4c(=O)n3-c3ncccc3C)ccc21. The second-order valence-electron chi connectivity index (χ2n) is 8.58. The van der Waals surface area contributed by atoms with Crippen LogP contribution in [0.1, 0.15) is 35.3 Å². The van der Waals surface area contributed by atoms with E-state index in [0.29, 0.717) is 34.0 Å². The maximum Gasteiger partial charge on any atom is 0.267 e. The van der Waals surface area contributed by atoms with Gasteiger partial charge in [-0.3, -0.25) is 14.4 Å². The molecule has 1 unspecified atom stereocenters. The van der Waals surface area contributed by atoms with E-state index in [4.69, 9.17) is 4.98 Å². The highest BCUT2D eigenvalue weighted by atomic mass is 32.2. The quantitative estimate of drug-likeness (QED) is 0.238. The molecule has 1 amide bonds. The van der Waals surface area contributed by atoms with Crippen molar-refractivity contribution >= 4 is 40.0 Å². The first-order valence-corrected chi connectivity index (χ1v) is 12.3. The first-order chi connectivity index (χ1) is 16.8. The normalized spacial score (nSPS) is 13.6. The van der Waals surface area contributed by atoms with Gasteiger partial charge in [0.25, 0.3) is 5.56 Å². The fourth-order valence-electron chi connectivity index (χ4n) is 4.42. The van der Waals surface area contributed by atoms with Gasteiger partial charge in [-0.25, -0.2) is 14.5 Å². The van der Waals surface area contributed by atoms with Crippen LogP contribution in [0.3, 0.4) is 0 Å². The highest BCUT2D eigenvalue weighted by molar-refractivity contribution is 8.00. The summed E-state index contributed by atoms with van der Waals surface area (Å²) in [5.74, 6) is 0.433. The molecule has 0 aliphatic carbocycles. The van der Waals surface area contributed by atoms with Gasteiger partial charge >= 0.3 is 0 Å². The Kier molecular flexibility index (Phi) is 5.98. The van der Waals surface area contributed by atoms with Crippen molar-refractivity contribution in [3.63, 3.8) is 0 Å². The highest BCUT2D eigenvalue weighted by Crippen LogP contribution is 2.31. The van der Waals surface area contributed by atoms with Gasteiger partial charge in [0.2, 0.25) is 5.91 Å². The first kappa shape index (κ1) is 23.0. The van der Waals surface area contributed by atoms with Gasteiger partial charge in [-0.2, -0.15) is 0 Å². The summed E-state index contributed by atoms with van der Waals surface area (Å²) in [6.07, 6.45) is 2.37. The van der Waals surface area contributed by atoms with E-state index < -0.39 is 5.25 Å². The maximum absolute atomic E-state index is 13.5. The van der Waals surface area contributed by atoms with Crippen molar-refractivity contribution in [2.24, 2.45) is 0 Å². The zero-order chi connectivity index (χ0) is 24.7.